The summed E-state index contributed by atoms with van der Waals surface area (Å²) >= 11 is 7.66. The van der Waals surface area contributed by atoms with Crippen molar-refractivity contribution in [3.63, 3.8) is 0 Å². The van der Waals surface area contributed by atoms with E-state index in [9.17, 15) is 4.79 Å². The number of rotatable bonds is 5. The van der Waals surface area contributed by atoms with Crippen LogP contribution >= 0.6 is 22.9 Å². The number of ether oxygens (including phenoxy) is 2. The molecular weight excluding hydrogens is 408 g/mol. The highest BCUT2D eigenvalue weighted by molar-refractivity contribution is 7.20. The summed E-state index contributed by atoms with van der Waals surface area (Å²) < 4.78 is 12.4. The smallest absolute Gasteiger partial charge is 0.274 e. The first-order valence-electron chi connectivity index (χ1n) is 9.45. The van der Waals surface area contributed by atoms with E-state index in [2.05, 4.69) is 4.98 Å². The van der Waals surface area contributed by atoms with Gasteiger partial charge in [0.25, 0.3) is 5.19 Å². The van der Waals surface area contributed by atoms with Gasteiger partial charge in [-0.15, -0.1) is 0 Å². The lowest BCUT2D eigenvalue weighted by atomic mass is 10.1. The molecule has 1 aromatic heterocycles. The fourth-order valence-electron chi connectivity index (χ4n) is 3.28. The van der Waals surface area contributed by atoms with Crippen LogP contribution in [0.15, 0.2) is 48.5 Å². The summed E-state index contributed by atoms with van der Waals surface area (Å²) in [6.45, 7) is 1.32. The molecule has 29 heavy (non-hydrogen) atoms. The first-order chi connectivity index (χ1) is 14.1. The van der Waals surface area contributed by atoms with Gasteiger partial charge in [0.15, 0.2) is 0 Å². The molecule has 4 rings (SSSR count). The Morgan fingerprint density at radius 1 is 1.24 bits per heavy atom. The first kappa shape index (κ1) is 19.7. The van der Waals surface area contributed by atoms with Gasteiger partial charge in [-0.25, -0.2) is 4.98 Å². The summed E-state index contributed by atoms with van der Waals surface area (Å²) in [5.74, 6) is 0.779. The number of likely N-dealkylation sites (tertiary alicyclic amines) is 1. The Kier molecular flexibility index (Phi) is 6.02. The number of benzene rings is 2. The van der Waals surface area contributed by atoms with E-state index in [0.29, 0.717) is 23.3 Å². The molecule has 1 saturated heterocycles. The number of nitrogens with zero attached hydrogens (tertiary/aromatic N) is 2. The van der Waals surface area contributed by atoms with Crippen molar-refractivity contribution < 1.29 is 14.3 Å². The topological polar surface area (TPSA) is 51.7 Å². The number of aromatic nitrogens is 1. The largest absolute Gasteiger partial charge is 0.497 e. The summed E-state index contributed by atoms with van der Waals surface area (Å²) in [5, 5.41) is 1.30. The zero-order valence-electron chi connectivity index (χ0n) is 16.0. The summed E-state index contributed by atoms with van der Waals surface area (Å²) in [5.41, 5.74) is 1.72. The van der Waals surface area contributed by atoms with E-state index in [0.717, 1.165) is 34.4 Å². The summed E-state index contributed by atoms with van der Waals surface area (Å²) in [7, 11) is 1.64. The van der Waals surface area contributed by atoms with Crippen LogP contribution in [0.4, 0.5) is 0 Å². The molecule has 0 N–H and O–H groups in total. The maximum Gasteiger partial charge on any atom is 0.274 e. The quantitative estimate of drug-likeness (QED) is 0.534. The Bertz CT molecular complexity index is 1040. The molecule has 5 nitrogen and oxygen atoms in total. The van der Waals surface area contributed by atoms with Crippen LogP contribution in [0.2, 0.25) is 5.02 Å². The third-order valence-electron chi connectivity index (χ3n) is 4.91. The van der Waals surface area contributed by atoms with Crippen molar-refractivity contribution in [1.82, 2.24) is 9.88 Å². The van der Waals surface area contributed by atoms with Gasteiger partial charge in [0.1, 0.15) is 11.9 Å². The Morgan fingerprint density at radius 2 is 2.03 bits per heavy atom. The number of piperidine rings is 1. The van der Waals surface area contributed by atoms with Crippen LogP contribution < -0.4 is 9.47 Å². The molecule has 1 aliphatic heterocycles. The van der Waals surface area contributed by atoms with Gasteiger partial charge in [0.2, 0.25) is 5.91 Å². The third kappa shape index (κ3) is 4.71. The average Bonchev–Trinajstić information content (AvgIpc) is 3.14. The lowest BCUT2D eigenvalue weighted by Crippen LogP contribution is -2.41. The molecule has 2 heterocycles. The number of hydrogen-bond acceptors (Lipinski definition) is 5. The summed E-state index contributed by atoms with van der Waals surface area (Å²) in [4.78, 5) is 18.9. The monoisotopic (exact) mass is 428 g/mol. The molecule has 2 aromatic carbocycles. The maximum atomic E-state index is 12.5. The zero-order chi connectivity index (χ0) is 20.2. The van der Waals surface area contributed by atoms with Crippen LogP contribution in [0.1, 0.15) is 18.4 Å². The maximum absolute atomic E-state index is 12.5. The number of halogens is 1. The van der Waals surface area contributed by atoms with Gasteiger partial charge >= 0.3 is 0 Å². The average molecular weight is 429 g/mol. The number of amides is 1. The molecule has 1 amide bonds. The second-order valence-corrected chi connectivity index (χ2v) is 8.21. The van der Waals surface area contributed by atoms with Gasteiger partial charge in [-0.3, -0.25) is 4.79 Å². The Morgan fingerprint density at radius 3 is 2.79 bits per heavy atom. The zero-order valence-corrected chi connectivity index (χ0v) is 17.6. The molecule has 0 radical (unpaired) electrons. The lowest BCUT2D eigenvalue weighted by Gasteiger charge is -2.30. The second-order valence-electron chi connectivity index (χ2n) is 6.81. The molecule has 7 heteroatoms. The Labute approximate surface area is 178 Å². The van der Waals surface area contributed by atoms with Gasteiger partial charge in [-0.1, -0.05) is 41.1 Å². The predicted molar refractivity (Wildman–Crippen MR) is 117 cm³/mol. The minimum atomic E-state index is -0.00421. The van der Waals surface area contributed by atoms with Crippen LogP contribution in [-0.2, 0) is 4.79 Å². The third-order valence-corrected chi connectivity index (χ3v) is 6.18. The van der Waals surface area contributed by atoms with E-state index in [-0.39, 0.29) is 12.0 Å². The Hall–Kier alpha value is -2.57. The van der Waals surface area contributed by atoms with E-state index in [1.807, 2.05) is 47.4 Å². The van der Waals surface area contributed by atoms with Gasteiger partial charge in [0.05, 0.1) is 17.3 Å². The normalized spacial score (nSPS) is 15.2. The van der Waals surface area contributed by atoms with Gasteiger partial charge in [-0.2, -0.15) is 0 Å². The number of carbonyl (C=O) groups excluding carboxylic acids is 1. The van der Waals surface area contributed by atoms with E-state index in [1.54, 1.807) is 19.3 Å². The van der Waals surface area contributed by atoms with Crippen molar-refractivity contribution in [2.24, 2.45) is 0 Å². The van der Waals surface area contributed by atoms with Crippen molar-refractivity contribution in [3.05, 3.63) is 59.1 Å². The second kappa shape index (κ2) is 8.84. The molecule has 0 saturated carbocycles. The highest BCUT2D eigenvalue weighted by Crippen LogP contribution is 2.32. The van der Waals surface area contributed by atoms with E-state index in [4.69, 9.17) is 21.1 Å². The van der Waals surface area contributed by atoms with Gasteiger partial charge in [-0.05, 0) is 29.8 Å². The van der Waals surface area contributed by atoms with Crippen LogP contribution in [0.5, 0.6) is 10.9 Å². The number of carbonyl (C=O) groups is 1. The molecular formula is C22H21ClN2O3S. The molecule has 0 unspecified atom stereocenters. The SMILES string of the molecule is COc1ccc2sc(OC3CCN(C(=O)/C=C/c4ccccc4Cl)CC3)nc2c1. The van der Waals surface area contributed by atoms with E-state index >= 15 is 0 Å². The van der Waals surface area contributed by atoms with Crippen LogP contribution in [0.25, 0.3) is 16.3 Å². The van der Waals surface area contributed by atoms with Crippen molar-refractivity contribution in [1.29, 1.82) is 0 Å². The minimum Gasteiger partial charge on any atom is -0.497 e. The molecule has 0 bridgehead atoms. The summed E-state index contributed by atoms with van der Waals surface area (Å²) in [6, 6.07) is 13.3. The van der Waals surface area contributed by atoms with Crippen molar-refractivity contribution in [2.75, 3.05) is 20.2 Å². The molecule has 0 atom stereocenters. The fourth-order valence-corrected chi connectivity index (χ4v) is 4.34. The molecule has 150 valence electrons. The van der Waals surface area contributed by atoms with E-state index < -0.39 is 0 Å². The van der Waals surface area contributed by atoms with Gasteiger partial charge in [0, 0.05) is 43.1 Å². The number of methoxy groups -OCH3 is 1. The van der Waals surface area contributed by atoms with Crippen molar-refractivity contribution in [3.8, 4) is 10.9 Å². The van der Waals surface area contributed by atoms with Crippen LogP contribution in [0, 0.1) is 0 Å². The Balaban J connectivity index is 1.32. The fraction of sp³-hybridized carbons (Fsp3) is 0.273. The summed E-state index contributed by atoms with van der Waals surface area (Å²) in [6.07, 6.45) is 4.98. The number of hydrogen-bond donors (Lipinski definition) is 0. The highest BCUT2D eigenvalue weighted by Gasteiger charge is 2.23. The molecule has 0 spiro atoms. The van der Waals surface area contributed by atoms with Gasteiger partial charge < -0.3 is 14.4 Å². The van der Waals surface area contributed by atoms with Crippen LogP contribution in [0.3, 0.4) is 0 Å². The standard InChI is InChI=1S/C22H21ClN2O3S/c1-27-17-7-8-20-19(14-17)24-22(29-20)28-16-10-12-25(13-11-16)21(26)9-6-15-4-2-3-5-18(15)23/h2-9,14,16H,10-13H2,1H3/b9-6+. The molecule has 3 aromatic rings. The molecule has 0 aliphatic carbocycles. The minimum absolute atomic E-state index is 0.00421. The lowest BCUT2D eigenvalue weighted by molar-refractivity contribution is -0.127. The van der Waals surface area contributed by atoms with Crippen molar-refractivity contribution in [2.45, 2.75) is 18.9 Å². The number of thiazole rings is 1. The van der Waals surface area contributed by atoms with Crippen LogP contribution in [-0.4, -0.2) is 42.1 Å². The predicted octanol–water partition coefficient (Wildman–Crippen LogP) is 5.04. The first-order valence-corrected chi connectivity index (χ1v) is 10.6. The molecule has 1 fully saturated rings. The molecule has 1 aliphatic rings. The number of fused-ring (bicyclic) bond motifs is 1. The highest BCUT2D eigenvalue weighted by atomic mass is 35.5. The van der Waals surface area contributed by atoms with E-state index in [1.165, 1.54) is 11.3 Å². The van der Waals surface area contributed by atoms with Crippen molar-refractivity contribution >= 4 is 45.1 Å².